The van der Waals surface area contributed by atoms with Crippen molar-refractivity contribution >= 4 is 27.1 Å². The molecule has 0 aliphatic carbocycles. The van der Waals surface area contributed by atoms with Gasteiger partial charge >= 0.3 is 0 Å². The minimum absolute atomic E-state index is 0.0240. The molecule has 0 saturated carbocycles. The summed E-state index contributed by atoms with van der Waals surface area (Å²) < 4.78 is 24.5. The van der Waals surface area contributed by atoms with Gasteiger partial charge in [0.05, 0.1) is 10.6 Å². The van der Waals surface area contributed by atoms with Crippen LogP contribution in [0.5, 0.6) is 0 Å². The molecule has 0 aliphatic rings. The summed E-state index contributed by atoms with van der Waals surface area (Å²) >= 11 is 1.79. The van der Waals surface area contributed by atoms with Gasteiger partial charge in [-0.05, 0) is 38.1 Å². The third-order valence-electron chi connectivity index (χ3n) is 3.68. The lowest BCUT2D eigenvalue weighted by molar-refractivity contribution is 0.594. The summed E-state index contributed by atoms with van der Waals surface area (Å²) in [5, 5.41) is 6.38. The lowest BCUT2D eigenvalue weighted by Gasteiger charge is -2.17. The molecular formula is C18H25N3O2S2. The molecule has 1 atom stereocenters. The molecule has 136 valence electrons. The summed E-state index contributed by atoms with van der Waals surface area (Å²) in [5.74, 6) is 0.639. The standard InChI is InChI=1S/C18H25N3O2S2/c1-14(13-16-10-9-15(2)24-16)21-18(19-3)20-11-12-25(22,23)17-7-5-4-6-8-17/h4-10,14H,11-13H2,1-3H3,(H2,19,20,21). The zero-order valence-electron chi connectivity index (χ0n) is 14.8. The van der Waals surface area contributed by atoms with Gasteiger partial charge in [0.25, 0.3) is 0 Å². The van der Waals surface area contributed by atoms with Crippen molar-refractivity contribution in [3.05, 3.63) is 52.2 Å². The highest BCUT2D eigenvalue weighted by Gasteiger charge is 2.14. The van der Waals surface area contributed by atoms with Crippen LogP contribution in [0.15, 0.2) is 52.4 Å². The molecule has 0 bridgehead atoms. The maximum atomic E-state index is 12.3. The van der Waals surface area contributed by atoms with Crippen LogP contribution in [-0.4, -0.2) is 39.8 Å². The van der Waals surface area contributed by atoms with Crippen LogP contribution in [0.1, 0.15) is 16.7 Å². The van der Waals surface area contributed by atoms with Crippen molar-refractivity contribution in [3.8, 4) is 0 Å². The van der Waals surface area contributed by atoms with Crippen molar-refractivity contribution in [1.29, 1.82) is 0 Å². The number of sulfone groups is 1. The number of guanidine groups is 1. The Morgan fingerprint density at radius 1 is 1.20 bits per heavy atom. The molecule has 7 heteroatoms. The molecule has 0 saturated heterocycles. The van der Waals surface area contributed by atoms with Crippen molar-refractivity contribution < 1.29 is 8.42 Å². The zero-order chi connectivity index (χ0) is 18.3. The Kier molecular flexibility index (Phi) is 7.01. The largest absolute Gasteiger partial charge is 0.355 e. The van der Waals surface area contributed by atoms with E-state index in [4.69, 9.17) is 0 Å². The molecule has 1 heterocycles. The van der Waals surface area contributed by atoms with Crippen molar-refractivity contribution in [2.75, 3.05) is 19.3 Å². The lowest BCUT2D eigenvalue weighted by Crippen LogP contribution is -2.44. The molecule has 0 radical (unpaired) electrons. The van der Waals surface area contributed by atoms with E-state index in [0.717, 1.165) is 6.42 Å². The van der Waals surface area contributed by atoms with Crippen molar-refractivity contribution in [2.45, 2.75) is 31.2 Å². The normalized spacial score (nSPS) is 13.5. The van der Waals surface area contributed by atoms with Gasteiger partial charge < -0.3 is 10.6 Å². The number of benzene rings is 1. The van der Waals surface area contributed by atoms with Crippen LogP contribution < -0.4 is 10.6 Å². The Morgan fingerprint density at radius 2 is 1.92 bits per heavy atom. The third-order valence-corrected chi connectivity index (χ3v) is 6.43. The molecule has 1 aromatic heterocycles. The molecule has 0 amide bonds. The predicted octanol–water partition coefficient (Wildman–Crippen LogP) is 2.63. The molecule has 2 N–H and O–H groups in total. The van der Waals surface area contributed by atoms with Gasteiger partial charge in [-0.3, -0.25) is 4.99 Å². The number of nitrogens with zero attached hydrogens (tertiary/aromatic N) is 1. The van der Waals surface area contributed by atoms with Crippen molar-refractivity contribution in [1.82, 2.24) is 10.6 Å². The molecule has 1 unspecified atom stereocenters. The summed E-state index contributed by atoms with van der Waals surface area (Å²) in [7, 11) is -1.60. The van der Waals surface area contributed by atoms with Crippen molar-refractivity contribution in [2.24, 2.45) is 4.99 Å². The van der Waals surface area contributed by atoms with E-state index in [0.29, 0.717) is 17.4 Å². The Bertz CT molecular complexity index is 799. The fourth-order valence-corrected chi connectivity index (χ4v) is 4.62. The number of thiophene rings is 1. The predicted molar refractivity (Wildman–Crippen MR) is 105 cm³/mol. The summed E-state index contributed by atoms with van der Waals surface area (Å²) in [6, 6.07) is 13.0. The second-order valence-electron chi connectivity index (χ2n) is 5.89. The highest BCUT2D eigenvalue weighted by molar-refractivity contribution is 7.91. The van der Waals surface area contributed by atoms with E-state index < -0.39 is 9.84 Å². The maximum Gasteiger partial charge on any atom is 0.191 e. The Morgan fingerprint density at radius 3 is 2.52 bits per heavy atom. The number of hydrogen-bond donors (Lipinski definition) is 2. The van der Waals surface area contributed by atoms with E-state index >= 15 is 0 Å². The van der Waals surface area contributed by atoms with Gasteiger partial charge in [0.2, 0.25) is 0 Å². The summed E-state index contributed by atoms with van der Waals surface area (Å²) in [6.45, 7) is 4.49. The molecule has 5 nitrogen and oxygen atoms in total. The van der Waals surface area contributed by atoms with Crippen LogP contribution in [0.3, 0.4) is 0 Å². The fraction of sp³-hybridized carbons (Fsp3) is 0.389. The van der Waals surface area contributed by atoms with Gasteiger partial charge in [-0.2, -0.15) is 0 Å². The first-order valence-corrected chi connectivity index (χ1v) is 10.7. The first-order valence-electron chi connectivity index (χ1n) is 8.21. The monoisotopic (exact) mass is 379 g/mol. The molecule has 0 spiro atoms. The number of hydrogen-bond acceptors (Lipinski definition) is 4. The van der Waals surface area contributed by atoms with E-state index in [-0.39, 0.29) is 11.8 Å². The minimum atomic E-state index is -3.28. The van der Waals surface area contributed by atoms with Gasteiger partial charge in [-0.15, -0.1) is 11.3 Å². The highest BCUT2D eigenvalue weighted by atomic mass is 32.2. The fourth-order valence-electron chi connectivity index (χ4n) is 2.43. The second kappa shape index (κ2) is 9.01. The minimum Gasteiger partial charge on any atom is -0.355 e. The van der Waals surface area contributed by atoms with Gasteiger partial charge in [0.1, 0.15) is 0 Å². The lowest BCUT2D eigenvalue weighted by atomic mass is 10.2. The first-order chi connectivity index (χ1) is 11.9. The first kappa shape index (κ1) is 19.5. The molecule has 2 aromatic rings. The number of aryl methyl sites for hydroxylation is 1. The molecule has 2 rings (SSSR count). The molecule has 25 heavy (non-hydrogen) atoms. The van der Waals surface area contributed by atoms with Crippen molar-refractivity contribution in [3.63, 3.8) is 0 Å². The van der Waals surface area contributed by atoms with E-state index in [1.54, 1.807) is 48.7 Å². The quantitative estimate of drug-likeness (QED) is 0.573. The average molecular weight is 380 g/mol. The van der Waals surface area contributed by atoms with E-state index in [9.17, 15) is 8.42 Å². The molecule has 0 aliphatic heterocycles. The maximum absolute atomic E-state index is 12.3. The third kappa shape index (κ3) is 6.17. The number of nitrogens with one attached hydrogen (secondary N) is 2. The van der Waals surface area contributed by atoms with Gasteiger partial charge in [-0.1, -0.05) is 18.2 Å². The van der Waals surface area contributed by atoms with Crippen LogP contribution >= 0.6 is 11.3 Å². The van der Waals surface area contributed by atoms with Crippen LogP contribution in [0.2, 0.25) is 0 Å². The van der Waals surface area contributed by atoms with Crippen LogP contribution in [-0.2, 0) is 16.3 Å². The van der Waals surface area contributed by atoms with E-state index in [1.165, 1.54) is 9.75 Å². The Balaban J connectivity index is 1.82. The molecule has 1 aromatic carbocycles. The van der Waals surface area contributed by atoms with Gasteiger partial charge in [-0.25, -0.2) is 8.42 Å². The summed E-state index contributed by atoms with van der Waals surface area (Å²) in [6.07, 6.45) is 0.904. The van der Waals surface area contributed by atoms with Gasteiger partial charge in [0.15, 0.2) is 15.8 Å². The highest BCUT2D eigenvalue weighted by Crippen LogP contribution is 2.16. The van der Waals surface area contributed by atoms with Gasteiger partial charge in [0, 0.05) is 35.8 Å². The van der Waals surface area contributed by atoms with Crippen LogP contribution in [0, 0.1) is 6.92 Å². The van der Waals surface area contributed by atoms with E-state index in [2.05, 4.69) is 41.6 Å². The smallest absolute Gasteiger partial charge is 0.191 e. The Labute approximate surface area is 154 Å². The molecule has 0 fully saturated rings. The van der Waals surface area contributed by atoms with Crippen LogP contribution in [0.4, 0.5) is 0 Å². The Hall–Kier alpha value is -1.86. The topological polar surface area (TPSA) is 70.6 Å². The zero-order valence-corrected chi connectivity index (χ0v) is 16.5. The number of rotatable bonds is 7. The second-order valence-corrected chi connectivity index (χ2v) is 9.37. The van der Waals surface area contributed by atoms with Crippen LogP contribution in [0.25, 0.3) is 0 Å². The van der Waals surface area contributed by atoms with E-state index in [1.807, 2.05) is 0 Å². The average Bonchev–Trinajstić information content (AvgIpc) is 2.99. The summed E-state index contributed by atoms with van der Waals surface area (Å²) in [5.41, 5.74) is 0. The number of aliphatic imine (C=N–C) groups is 1. The summed E-state index contributed by atoms with van der Waals surface area (Å²) in [4.78, 5) is 7.14. The molecular weight excluding hydrogens is 354 g/mol. The SMILES string of the molecule is CN=C(NCCS(=O)(=O)c1ccccc1)NC(C)Cc1ccc(C)s1.